The fourth-order valence-electron chi connectivity index (χ4n) is 7.50. The van der Waals surface area contributed by atoms with Gasteiger partial charge in [-0.3, -0.25) is 43.3 Å². The fraction of sp³-hybridized carbons (Fsp3) is 0.596. The summed E-state index contributed by atoms with van der Waals surface area (Å²) in [4.78, 5) is 129. The number of rotatable bonds is 34. The van der Waals surface area contributed by atoms with Crippen molar-refractivity contribution in [1.82, 2.24) is 36.8 Å². The minimum absolute atomic E-state index is 0.0372. The molecule has 22 N–H and O–H groups in total. The highest BCUT2D eigenvalue weighted by Crippen LogP contribution is 2.20. The maximum atomic E-state index is 14.2. The average molecular weight is 1060 g/mol. The van der Waals surface area contributed by atoms with Crippen molar-refractivity contribution in [2.24, 2.45) is 50.1 Å². The minimum atomic E-state index is -1.57. The van der Waals surface area contributed by atoms with Crippen LogP contribution in [0.15, 0.2) is 46.0 Å². The molecule has 0 aliphatic carbocycles. The molecule has 1 aromatic rings. The molecular formula is C47H78N16O12. The predicted octanol–water partition coefficient (Wildman–Crippen LogP) is -5.34. The van der Waals surface area contributed by atoms with Crippen LogP contribution in [0.1, 0.15) is 83.1 Å². The molecule has 0 spiro atoms. The molecule has 2 rings (SSSR count). The number of nitrogens with two attached hydrogens (primary N) is 7. The van der Waals surface area contributed by atoms with Crippen LogP contribution in [0.3, 0.4) is 0 Å². The molecule has 1 aromatic carbocycles. The number of aliphatic imine (C=N–C) groups is 2. The van der Waals surface area contributed by atoms with E-state index in [0.29, 0.717) is 50.0 Å². The molecule has 0 unspecified atom stereocenters. The Labute approximate surface area is 435 Å². The minimum Gasteiger partial charge on any atom is -0.497 e. The third-order valence-electron chi connectivity index (χ3n) is 11.7. The molecule has 1 saturated heterocycles. The molecule has 0 bridgehead atoms. The summed E-state index contributed by atoms with van der Waals surface area (Å²) in [7, 11) is 1.47. The summed E-state index contributed by atoms with van der Waals surface area (Å²) in [6, 6.07) is -1.07. The van der Waals surface area contributed by atoms with Crippen molar-refractivity contribution >= 4 is 64.9 Å². The number of aliphatic hydroxyl groups excluding tert-OH is 1. The summed E-state index contributed by atoms with van der Waals surface area (Å²) in [5.74, 6) is -7.86. The summed E-state index contributed by atoms with van der Waals surface area (Å²) >= 11 is 0. The maximum Gasteiger partial charge on any atom is 0.352 e. The number of methoxy groups -OCH3 is 1. The van der Waals surface area contributed by atoms with Crippen molar-refractivity contribution in [3.63, 3.8) is 0 Å². The predicted molar refractivity (Wildman–Crippen MR) is 277 cm³/mol. The van der Waals surface area contributed by atoms with Gasteiger partial charge in [0, 0.05) is 26.1 Å². The first-order valence-corrected chi connectivity index (χ1v) is 24.8. The first kappa shape index (κ1) is 64.0. The Morgan fingerprint density at radius 1 is 0.813 bits per heavy atom. The molecule has 1 aliphatic heterocycles. The van der Waals surface area contributed by atoms with E-state index < -0.39 is 114 Å². The number of aliphatic carboxylic acids is 1. The summed E-state index contributed by atoms with van der Waals surface area (Å²) in [6.07, 6.45) is 2.52. The second kappa shape index (κ2) is 34.4. The van der Waals surface area contributed by atoms with Crippen LogP contribution in [0.5, 0.6) is 5.75 Å². The number of hydrogen-bond acceptors (Lipinski definition) is 17. The van der Waals surface area contributed by atoms with Crippen molar-refractivity contribution in [2.75, 3.05) is 52.9 Å². The standard InChI is InChI=1S/C47H78N16O12/c1-27(57-44(71)38(36(64)25-51)62-40(67)30(52)10-3-5-19-48)39(66)56-26-37(65)58-32(12-7-21-50)45(72)63-23-9-14-35(63)43(70)61-34(24-28-15-17-29(75-2)18-16-28)42(69)59-31(11-4-6-20-49)41(68)60-33(46(73)74)13-8-22-55-47(53)54/h13,15-18,27,30-31,34-36,38,64H,3-12,14,19-26,48-52H2,1-2H3,(H,56,66)(H,57,71)(H,59,69)(H,60,68)(H,61,70)(H,62,67)(H,73,74)(H4,53,54,55)/b33-13-,58-32?/t27-,30-,31-,34-,35-,36-,38-/m0/s1. The number of nitrogens with one attached hydrogen (secondary N) is 6. The molecule has 0 aromatic heterocycles. The van der Waals surface area contributed by atoms with Crippen molar-refractivity contribution in [3.05, 3.63) is 41.6 Å². The highest BCUT2D eigenvalue weighted by molar-refractivity contribution is 6.40. The van der Waals surface area contributed by atoms with Gasteiger partial charge in [-0.1, -0.05) is 24.6 Å². The van der Waals surface area contributed by atoms with E-state index in [2.05, 4.69) is 41.9 Å². The lowest BCUT2D eigenvalue weighted by atomic mass is 10.0. The SMILES string of the molecule is COc1ccc(C[C@H](NC(=O)[C@@H]2CCCN2C(=O)C(CCCN)=NC(=O)CNC(=O)[C@H](C)NC(=O)[C@@H](NC(=O)[C@@H](N)CCCCN)[C@@H](O)CN)C(=O)N[C@@H](CCCCN)C(=O)N/C(=C\CCN=C(N)N)C(=O)O)cc1. The van der Waals surface area contributed by atoms with Crippen LogP contribution in [0.2, 0.25) is 0 Å². The number of carboxylic acid groups (broad SMARTS) is 1. The fourth-order valence-corrected chi connectivity index (χ4v) is 7.50. The van der Waals surface area contributed by atoms with Gasteiger partial charge in [0.05, 0.1) is 25.8 Å². The van der Waals surface area contributed by atoms with Gasteiger partial charge in [0.25, 0.3) is 11.8 Å². The van der Waals surface area contributed by atoms with Crippen LogP contribution in [-0.4, -0.2) is 175 Å². The highest BCUT2D eigenvalue weighted by atomic mass is 16.5. The zero-order valence-corrected chi connectivity index (χ0v) is 42.7. The van der Waals surface area contributed by atoms with Gasteiger partial charge >= 0.3 is 5.97 Å². The molecule has 1 fully saturated rings. The van der Waals surface area contributed by atoms with Crippen LogP contribution >= 0.6 is 0 Å². The summed E-state index contributed by atoms with van der Waals surface area (Å²) in [5, 5.41) is 35.0. The van der Waals surface area contributed by atoms with Gasteiger partial charge < -0.3 is 91.9 Å². The highest BCUT2D eigenvalue weighted by Gasteiger charge is 2.38. The first-order valence-electron chi connectivity index (χ1n) is 24.8. The number of hydrogen-bond donors (Lipinski definition) is 15. The number of guanidine groups is 1. The number of aliphatic hydroxyl groups is 1. The lowest BCUT2D eigenvalue weighted by molar-refractivity contribution is -0.137. The lowest BCUT2D eigenvalue weighted by Crippen LogP contribution is -2.60. The molecule has 0 radical (unpaired) electrons. The number of likely N-dealkylation sites (tertiary alicyclic amines) is 1. The summed E-state index contributed by atoms with van der Waals surface area (Å²) in [6.45, 7) is 0.986. The summed E-state index contributed by atoms with van der Waals surface area (Å²) in [5.41, 5.74) is 38.9. The molecule has 418 valence electrons. The van der Waals surface area contributed by atoms with E-state index in [1.807, 2.05) is 0 Å². The number of benzene rings is 1. The van der Waals surface area contributed by atoms with Gasteiger partial charge in [-0.05, 0) is 108 Å². The number of ether oxygens (including phenoxy) is 1. The largest absolute Gasteiger partial charge is 0.497 e. The molecule has 1 heterocycles. The molecule has 7 atom stereocenters. The normalized spacial score (nSPS) is 15.9. The lowest BCUT2D eigenvalue weighted by Gasteiger charge is -2.28. The van der Waals surface area contributed by atoms with Crippen molar-refractivity contribution < 1.29 is 58.1 Å². The summed E-state index contributed by atoms with van der Waals surface area (Å²) < 4.78 is 5.26. The Morgan fingerprint density at radius 2 is 1.47 bits per heavy atom. The molecular weight excluding hydrogens is 981 g/mol. The van der Waals surface area contributed by atoms with E-state index >= 15 is 0 Å². The molecule has 28 heteroatoms. The monoisotopic (exact) mass is 1060 g/mol. The Balaban J connectivity index is 2.32. The number of carboxylic acids is 1. The zero-order chi connectivity index (χ0) is 56.0. The van der Waals surface area contributed by atoms with E-state index in [-0.39, 0.29) is 82.8 Å². The number of carbonyl (C=O) groups excluding carboxylic acids is 8. The Hall–Kier alpha value is -7.11. The van der Waals surface area contributed by atoms with Crippen molar-refractivity contribution in [2.45, 2.75) is 126 Å². The van der Waals surface area contributed by atoms with Gasteiger partial charge in [-0.15, -0.1) is 0 Å². The van der Waals surface area contributed by atoms with Gasteiger partial charge in [-0.2, -0.15) is 0 Å². The van der Waals surface area contributed by atoms with Gasteiger partial charge in [0.2, 0.25) is 35.4 Å². The topological polar surface area (TPSA) is 486 Å². The Bertz CT molecular complexity index is 2170. The molecule has 8 amide bonds. The number of unbranched alkanes of at least 4 members (excludes halogenated alkanes) is 2. The smallest absolute Gasteiger partial charge is 0.352 e. The van der Waals surface area contributed by atoms with Crippen LogP contribution in [0.4, 0.5) is 0 Å². The van der Waals surface area contributed by atoms with Crippen LogP contribution in [0.25, 0.3) is 0 Å². The van der Waals surface area contributed by atoms with Gasteiger partial charge in [0.1, 0.15) is 47.4 Å². The zero-order valence-electron chi connectivity index (χ0n) is 42.7. The van der Waals surface area contributed by atoms with Crippen LogP contribution < -0.4 is 76.8 Å². The van der Waals surface area contributed by atoms with E-state index in [1.165, 1.54) is 25.0 Å². The Kier molecular flexibility index (Phi) is 29.4. The molecule has 1 aliphatic rings. The third-order valence-corrected chi connectivity index (χ3v) is 11.7. The molecule has 0 saturated carbocycles. The van der Waals surface area contributed by atoms with Crippen molar-refractivity contribution in [3.8, 4) is 5.75 Å². The first-order chi connectivity index (χ1) is 35.7. The van der Waals surface area contributed by atoms with Crippen LogP contribution in [0, 0.1) is 0 Å². The van der Waals surface area contributed by atoms with E-state index in [1.54, 1.807) is 24.3 Å². The van der Waals surface area contributed by atoms with Gasteiger partial charge in [0.15, 0.2) is 5.96 Å². The van der Waals surface area contributed by atoms with Crippen molar-refractivity contribution in [1.29, 1.82) is 0 Å². The number of nitrogens with zero attached hydrogens (tertiary/aromatic N) is 3. The molecule has 28 nitrogen and oxygen atoms in total. The van der Waals surface area contributed by atoms with E-state index in [0.717, 1.165) is 0 Å². The van der Waals surface area contributed by atoms with Crippen LogP contribution in [-0.2, 0) is 49.6 Å². The average Bonchev–Trinajstić information content (AvgIpc) is 3.88. The van der Waals surface area contributed by atoms with E-state index in [9.17, 15) is 53.4 Å². The third kappa shape index (κ3) is 22.9. The second-order valence-corrected chi connectivity index (χ2v) is 17.6. The Morgan fingerprint density at radius 3 is 2.07 bits per heavy atom. The number of amides is 8. The number of carbonyl (C=O) groups is 9. The quantitative estimate of drug-likeness (QED) is 0.0133. The maximum absolute atomic E-state index is 14.2. The van der Waals surface area contributed by atoms with Gasteiger partial charge in [-0.25, -0.2) is 9.79 Å². The van der Waals surface area contributed by atoms with E-state index in [4.69, 9.17) is 44.9 Å². The molecule has 75 heavy (non-hydrogen) atoms. The second-order valence-electron chi connectivity index (χ2n) is 17.6.